The lowest BCUT2D eigenvalue weighted by Gasteiger charge is -2.23. The molecule has 19 heavy (non-hydrogen) atoms. The molecule has 0 amide bonds. The Bertz CT molecular complexity index is 372. The minimum atomic E-state index is 0.268. The molecule has 0 fully saturated rings. The first kappa shape index (κ1) is 14.6. The van der Waals surface area contributed by atoms with E-state index in [0.717, 1.165) is 0 Å². The van der Waals surface area contributed by atoms with Crippen LogP contribution in [0.25, 0.3) is 0 Å². The fraction of sp³-hybridized carbons (Fsp3) is 0.667. The Morgan fingerprint density at radius 2 is 1.89 bits per heavy atom. The highest BCUT2D eigenvalue weighted by Gasteiger charge is 2.23. The van der Waals surface area contributed by atoms with Gasteiger partial charge in [-0.05, 0) is 42.7 Å². The first-order chi connectivity index (χ1) is 9.33. The highest BCUT2D eigenvalue weighted by atomic mass is 14.7. The molecule has 0 aromatic heterocycles. The zero-order valence-corrected chi connectivity index (χ0v) is 12.4. The standard InChI is InChI=1S/C18H29N/c1-2-3-4-5-6-11-16-13-9-12-15-10-7-8-14-17(15)18(16)19/h7-8,10,14,16,18H,2-6,9,11-13,19H2,1H3. The molecule has 106 valence electrons. The average Bonchev–Trinajstić information content (AvgIpc) is 2.59. The van der Waals surface area contributed by atoms with Crippen molar-refractivity contribution in [2.45, 2.75) is 70.8 Å². The van der Waals surface area contributed by atoms with Gasteiger partial charge < -0.3 is 5.73 Å². The molecule has 1 aliphatic rings. The van der Waals surface area contributed by atoms with Crippen molar-refractivity contribution >= 4 is 0 Å². The van der Waals surface area contributed by atoms with Crippen molar-refractivity contribution in [3.05, 3.63) is 35.4 Å². The van der Waals surface area contributed by atoms with Crippen LogP contribution in [0.5, 0.6) is 0 Å². The third-order valence-electron chi connectivity index (χ3n) is 4.62. The Morgan fingerprint density at radius 1 is 1.11 bits per heavy atom. The van der Waals surface area contributed by atoms with Gasteiger partial charge in [0.1, 0.15) is 0 Å². The van der Waals surface area contributed by atoms with Gasteiger partial charge in [-0.2, -0.15) is 0 Å². The van der Waals surface area contributed by atoms with E-state index in [4.69, 9.17) is 5.73 Å². The summed E-state index contributed by atoms with van der Waals surface area (Å²) in [5, 5.41) is 0. The molecular weight excluding hydrogens is 230 g/mol. The van der Waals surface area contributed by atoms with Gasteiger partial charge in [-0.25, -0.2) is 0 Å². The second kappa shape index (κ2) is 7.69. The molecule has 0 spiro atoms. The lowest BCUT2D eigenvalue weighted by atomic mass is 9.87. The van der Waals surface area contributed by atoms with Crippen LogP contribution in [0, 0.1) is 5.92 Å². The van der Waals surface area contributed by atoms with E-state index in [9.17, 15) is 0 Å². The van der Waals surface area contributed by atoms with E-state index in [1.165, 1.54) is 68.9 Å². The molecule has 2 rings (SSSR count). The zero-order chi connectivity index (χ0) is 13.5. The number of hydrogen-bond acceptors (Lipinski definition) is 1. The van der Waals surface area contributed by atoms with E-state index in [2.05, 4.69) is 31.2 Å². The van der Waals surface area contributed by atoms with Crippen molar-refractivity contribution in [1.29, 1.82) is 0 Å². The largest absolute Gasteiger partial charge is 0.324 e. The van der Waals surface area contributed by atoms with E-state index in [0.29, 0.717) is 5.92 Å². The van der Waals surface area contributed by atoms with Crippen LogP contribution < -0.4 is 5.73 Å². The van der Waals surface area contributed by atoms with Gasteiger partial charge in [0.2, 0.25) is 0 Å². The van der Waals surface area contributed by atoms with E-state index >= 15 is 0 Å². The third kappa shape index (κ3) is 4.07. The van der Waals surface area contributed by atoms with Crippen molar-refractivity contribution < 1.29 is 0 Å². The van der Waals surface area contributed by atoms with Crippen LogP contribution in [-0.4, -0.2) is 0 Å². The molecule has 1 nitrogen and oxygen atoms in total. The van der Waals surface area contributed by atoms with Gasteiger partial charge in [0.05, 0.1) is 0 Å². The summed E-state index contributed by atoms with van der Waals surface area (Å²) in [6.45, 7) is 2.28. The van der Waals surface area contributed by atoms with Gasteiger partial charge in [-0.3, -0.25) is 0 Å². The van der Waals surface area contributed by atoms with Gasteiger partial charge in [0, 0.05) is 6.04 Å². The third-order valence-corrected chi connectivity index (χ3v) is 4.62. The predicted molar refractivity (Wildman–Crippen MR) is 83.2 cm³/mol. The molecule has 1 aliphatic carbocycles. The SMILES string of the molecule is CCCCCCCC1CCCc2ccccc2C1N. The van der Waals surface area contributed by atoms with E-state index in [1.807, 2.05) is 0 Å². The molecule has 0 aliphatic heterocycles. The summed E-state index contributed by atoms with van der Waals surface area (Å²) in [5.41, 5.74) is 9.44. The van der Waals surface area contributed by atoms with Crippen LogP contribution in [0.15, 0.2) is 24.3 Å². The Kier molecular flexibility index (Phi) is 5.91. The van der Waals surface area contributed by atoms with Gasteiger partial charge in [-0.15, -0.1) is 0 Å². The quantitative estimate of drug-likeness (QED) is 0.564. The maximum Gasteiger partial charge on any atom is 0.0326 e. The number of benzene rings is 1. The maximum atomic E-state index is 6.53. The van der Waals surface area contributed by atoms with Crippen LogP contribution in [0.3, 0.4) is 0 Å². The first-order valence-electron chi connectivity index (χ1n) is 8.16. The number of aryl methyl sites for hydroxylation is 1. The van der Waals surface area contributed by atoms with Crippen molar-refractivity contribution in [2.75, 3.05) is 0 Å². The van der Waals surface area contributed by atoms with Gasteiger partial charge >= 0.3 is 0 Å². The second-order valence-electron chi connectivity index (χ2n) is 6.08. The molecule has 2 N–H and O–H groups in total. The Hall–Kier alpha value is -0.820. The number of rotatable bonds is 6. The smallest absolute Gasteiger partial charge is 0.0326 e. The fourth-order valence-corrected chi connectivity index (χ4v) is 3.41. The molecule has 0 heterocycles. The van der Waals surface area contributed by atoms with Crippen LogP contribution in [0.1, 0.15) is 75.5 Å². The van der Waals surface area contributed by atoms with Crippen LogP contribution in [0.4, 0.5) is 0 Å². The summed E-state index contributed by atoms with van der Waals surface area (Å²) in [4.78, 5) is 0. The van der Waals surface area contributed by atoms with Crippen LogP contribution in [0.2, 0.25) is 0 Å². The lowest BCUT2D eigenvalue weighted by molar-refractivity contribution is 0.362. The van der Waals surface area contributed by atoms with Gasteiger partial charge in [0.25, 0.3) is 0 Å². The molecular formula is C18H29N. The number of nitrogens with two attached hydrogens (primary N) is 1. The Morgan fingerprint density at radius 3 is 2.74 bits per heavy atom. The molecule has 1 heteroatoms. The Balaban J connectivity index is 1.88. The molecule has 2 unspecified atom stereocenters. The summed E-state index contributed by atoms with van der Waals surface area (Å²) in [5.74, 6) is 0.699. The lowest BCUT2D eigenvalue weighted by Crippen LogP contribution is -2.21. The summed E-state index contributed by atoms with van der Waals surface area (Å²) in [6.07, 6.45) is 12.0. The van der Waals surface area contributed by atoms with E-state index in [-0.39, 0.29) is 6.04 Å². The highest BCUT2D eigenvalue weighted by molar-refractivity contribution is 5.31. The minimum absolute atomic E-state index is 0.268. The molecule has 0 saturated carbocycles. The van der Waals surface area contributed by atoms with Crippen molar-refractivity contribution in [2.24, 2.45) is 11.7 Å². The normalized spacial score (nSPS) is 22.8. The van der Waals surface area contributed by atoms with E-state index < -0.39 is 0 Å². The number of unbranched alkanes of at least 4 members (excludes halogenated alkanes) is 4. The molecule has 1 aromatic rings. The predicted octanol–water partition coefficient (Wildman–Crippen LogP) is 5.00. The summed E-state index contributed by atoms with van der Waals surface area (Å²) in [7, 11) is 0. The molecule has 0 saturated heterocycles. The summed E-state index contributed by atoms with van der Waals surface area (Å²) in [6, 6.07) is 9.07. The topological polar surface area (TPSA) is 26.0 Å². The minimum Gasteiger partial charge on any atom is -0.324 e. The van der Waals surface area contributed by atoms with E-state index in [1.54, 1.807) is 0 Å². The van der Waals surface area contributed by atoms with Crippen molar-refractivity contribution in [3.63, 3.8) is 0 Å². The van der Waals surface area contributed by atoms with Crippen LogP contribution in [-0.2, 0) is 6.42 Å². The van der Waals surface area contributed by atoms with Gasteiger partial charge in [-0.1, -0.05) is 63.3 Å². The van der Waals surface area contributed by atoms with Crippen molar-refractivity contribution in [1.82, 2.24) is 0 Å². The maximum absolute atomic E-state index is 6.53. The summed E-state index contributed by atoms with van der Waals surface area (Å²) >= 11 is 0. The molecule has 2 atom stereocenters. The van der Waals surface area contributed by atoms with Gasteiger partial charge in [0.15, 0.2) is 0 Å². The average molecular weight is 259 g/mol. The Labute approximate surface area is 118 Å². The highest BCUT2D eigenvalue weighted by Crippen LogP contribution is 2.34. The second-order valence-corrected chi connectivity index (χ2v) is 6.08. The molecule has 0 radical (unpaired) electrons. The van der Waals surface area contributed by atoms with Crippen molar-refractivity contribution in [3.8, 4) is 0 Å². The monoisotopic (exact) mass is 259 g/mol. The first-order valence-corrected chi connectivity index (χ1v) is 8.16. The fourth-order valence-electron chi connectivity index (χ4n) is 3.41. The zero-order valence-electron chi connectivity index (χ0n) is 12.4. The number of fused-ring (bicyclic) bond motifs is 1. The summed E-state index contributed by atoms with van der Waals surface area (Å²) < 4.78 is 0. The molecule has 1 aromatic carbocycles. The molecule has 0 bridgehead atoms. The van der Waals surface area contributed by atoms with Crippen LogP contribution >= 0.6 is 0 Å². The number of hydrogen-bond donors (Lipinski definition) is 1.